The number of nitrogens with zero attached hydrogens (tertiary/aromatic N) is 4. The number of aromatic nitrogens is 3. The fourth-order valence-corrected chi connectivity index (χ4v) is 4.27. The van der Waals surface area contributed by atoms with Crippen molar-refractivity contribution in [3.8, 4) is 0 Å². The van der Waals surface area contributed by atoms with Crippen LogP contribution in [0.5, 0.6) is 0 Å². The van der Waals surface area contributed by atoms with Crippen LogP contribution in [0.2, 0.25) is 0 Å². The van der Waals surface area contributed by atoms with Crippen LogP contribution in [0.4, 0.5) is 19.0 Å². The standard InChI is InChI=1S/C23H20F3N5O2/c1-30-20-16-10-14(4-7-18(16)29-21(27)17(20)11-28-30)22(32)31-8-9-33-12-19(31)13-2-5-15(6-3-13)23(24,25)26/h2-7,10-11,19H,8-9,12H2,1H3,(H2,27,29)/t19-/m1/s1. The van der Waals surface area contributed by atoms with E-state index in [9.17, 15) is 18.0 Å². The maximum atomic E-state index is 13.5. The minimum absolute atomic E-state index is 0.203. The van der Waals surface area contributed by atoms with Crippen molar-refractivity contribution in [3.05, 3.63) is 65.4 Å². The summed E-state index contributed by atoms with van der Waals surface area (Å²) in [5, 5.41) is 5.69. The van der Waals surface area contributed by atoms with Crippen molar-refractivity contribution in [2.45, 2.75) is 12.2 Å². The first-order valence-electron chi connectivity index (χ1n) is 10.3. The van der Waals surface area contributed by atoms with Gasteiger partial charge in [0.25, 0.3) is 5.91 Å². The number of nitrogen functional groups attached to an aromatic ring is 1. The molecule has 33 heavy (non-hydrogen) atoms. The number of rotatable bonds is 2. The number of aryl methyl sites for hydroxylation is 1. The molecule has 7 nitrogen and oxygen atoms in total. The van der Waals surface area contributed by atoms with Gasteiger partial charge in [-0.2, -0.15) is 18.3 Å². The Labute approximate surface area is 186 Å². The number of alkyl halides is 3. The largest absolute Gasteiger partial charge is 0.416 e. The van der Waals surface area contributed by atoms with E-state index in [0.29, 0.717) is 41.0 Å². The fourth-order valence-electron chi connectivity index (χ4n) is 4.27. The van der Waals surface area contributed by atoms with Gasteiger partial charge in [0.05, 0.1) is 47.4 Å². The van der Waals surface area contributed by atoms with Gasteiger partial charge in [0.2, 0.25) is 0 Å². The van der Waals surface area contributed by atoms with E-state index in [1.807, 2.05) is 0 Å². The van der Waals surface area contributed by atoms with Gasteiger partial charge in [0.15, 0.2) is 0 Å². The van der Waals surface area contributed by atoms with E-state index >= 15 is 0 Å². The third-order valence-electron chi connectivity index (χ3n) is 5.97. The van der Waals surface area contributed by atoms with E-state index in [1.54, 1.807) is 41.0 Å². The molecule has 0 unspecified atom stereocenters. The number of fused-ring (bicyclic) bond motifs is 3. The number of hydrogen-bond acceptors (Lipinski definition) is 5. The van der Waals surface area contributed by atoms with Gasteiger partial charge in [-0.3, -0.25) is 9.48 Å². The van der Waals surface area contributed by atoms with Gasteiger partial charge in [-0.15, -0.1) is 0 Å². The number of nitrogens with two attached hydrogens (primary N) is 1. The van der Waals surface area contributed by atoms with Crippen LogP contribution in [0.25, 0.3) is 21.8 Å². The number of benzene rings is 2. The summed E-state index contributed by atoms with van der Waals surface area (Å²) in [5.74, 6) is 0.123. The van der Waals surface area contributed by atoms with Crippen molar-refractivity contribution in [1.29, 1.82) is 0 Å². The van der Waals surface area contributed by atoms with E-state index < -0.39 is 17.8 Å². The smallest absolute Gasteiger partial charge is 0.383 e. The predicted molar refractivity (Wildman–Crippen MR) is 116 cm³/mol. The van der Waals surface area contributed by atoms with E-state index in [2.05, 4.69) is 10.1 Å². The van der Waals surface area contributed by atoms with Crippen LogP contribution >= 0.6 is 0 Å². The quantitative estimate of drug-likeness (QED) is 0.495. The molecule has 1 aliphatic rings. The molecule has 2 aromatic carbocycles. The second-order valence-electron chi connectivity index (χ2n) is 7.97. The van der Waals surface area contributed by atoms with Crippen LogP contribution < -0.4 is 5.73 Å². The Morgan fingerprint density at radius 2 is 1.91 bits per heavy atom. The first-order valence-corrected chi connectivity index (χ1v) is 10.3. The number of ether oxygens (including phenoxy) is 1. The molecular formula is C23H20F3N5O2. The number of pyridine rings is 1. The fraction of sp³-hybridized carbons (Fsp3) is 0.261. The third-order valence-corrected chi connectivity index (χ3v) is 5.97. The zero-order valence-corrected chi connectivity index (χ0v) is 17.6. The maximum absolute atomic E-state index is 13.5. The van der Waals surface area contributed by atoms with E-state index in [-0.39, 0.29) is 12.5 Å². The lowest BCUT2D eigenvalue weighted by Crippen LogP contribution is -2.43. The minimum Gasteiger partial charge on any atom is -0.383 e. The number of morpholine rings is 1. The molecule has 5 rings (SSSR count). The first kappa shape index (κ1) is 21.2. The van der Waals surface area contributed by atoms with Crippen molar-refractivity contribution in [1.82, 2.24) is 19.7 Å². The molecular weight excluding hydrogens is 435 g/mol. The second-order valence-corrected chi connectivity index (χ2v) is 7.97. The van der Waals surface area contributed by atoms with Gasteiger partial charge >= 0.3 is 6.18 Å². The molecule has 1 amide bonds. The van der Waals surface area contributed by atoms with Gasteiger partial charge in [0, 0.05) is 24.5 Å². The van der Waals surface area contributed by atoms with Crippen LogP contribution in [0.1, 0.15) is 27.5 Å². The normalized spacial score (nSPS) is 17.1. The number of carbonyl (C=O) groups excluding carboxylic acids is 1. The van der Waals surface area contributed by atoms with Gasteiger partial charge in [-0.25, -0.2) is 4.98 Å². The number of halogens is 3. The molecule has 0 spiro atoms. The average molecular weight is 455 g/mol. The topological polar surface area (TPSA) is 86.3 Å². The predicted octanol–water partition coefficient (Wildman–Crippen LogP) is 3.94. The van der Waals surface area contributed by atoms with Crippen molar-refractivity contribution in [3.63, 3.8) is 0 Å². The number of hydrogen-bond donors (Lipinski definition) is 1. The molecule has 0 saturated carbocycles. The molecule has 3 heterocycles. The molecule has 1 aliphatic heterocycles. The summed E-state index contributed by atoms with van der Waals surface area (Å²) < 4.78 is 46.1. The van der Waals surface area contributed by atoms with Crippen molar-refractivity contribution in [2.24, 2.45) is 7.05 Å². The monoisotopic (exact) mass is 455 g/mol. The van der Waals surface area contributed by atoms with Crippen molar-refractivity contribution < 1.29 is 22.7 Å². The summed E-state index contributed by atoms with van der Waals surface area (Å²) >= 11 is 0. The summed E-state index contributed by atoms with van der Waals surface area (Å²) in [6, 6.07) is 9.52. The highest BCUT2D eigenvalue weighted by Crippen LogP contribution is 2.33. The molecule has 170 valence electrons. The van der Waals surface area contributed by atoms with Gasteiger partial charge in [-0.05, 0) is 35.9 Å². The molecule has 0 aliphatic carbocycles. The number of amides is 1. The Balaban J connectivity index is 1.52. The van der Waals surface area contributed by atoms with Crippen LogP contribution in [-0.2, 0) is 18.0 Å². The molecule has 0 bridgehead atoms. The lowest BCUT2D eigenvalue weighted by atomic mass is 10.0. The zero-order valence-electron chi connectivity index (χ0n) is 17.6. The lowest BCUT2D eigenvalue weighted by Gasteiger charge is -2.36. The van der Waals surface area contributed by atoms with E-state index in [4.69, 9.17) is 10.5 Å². The maximum Gasteiger partial charge on any atom is 0.416 e. The van der Waals surface area contributed by atoms with E-state index in [1.165, 1.54) is 12.1 Å². The first-order chi connectivity index (χ1) is 15.7. The van der Waals surface area contributed by atoms with Crippen molar-refractivity contribution in [2.75, 3.05) is 25.5 Å². The third kappa shape index (κ3) is 3.66. The summed E-state index contributed by atoms with van der Waals surface area (Å²) in [6.45, 7) is 0.874. The summed E-state index contributed by atoms with van der Waals surface area (Å²) in [7, 11) is 1.79. The zero-order chi connectivity index (χ0) is 23.3. The Morgan fingerprint density at radius 1 is 1.15 bits per heavy atom. The van der Waals surface area contributed by atoms with Gasteiger partial charge in [-0.1, -0.05) is 12.1 Å². The highest BCUT2D eigenvalue weighted by Gasteiger charge is 2.33. The highest BCUT2D eigenvalue weighted by molar-refractivity contribution is 6.10. The highest BCUT2D eigenvalue weighted by atomic mass is 19.4. The van der Waals surface area contributed by atoms with Gasteiger partial charge < -0.3 is 15.4 Å². The summed E-state index contributed by atoms with van der Waals surface area (Å²) in [4.78, 5) is 19.5. The Morgan fingerprint density at radius 3 is 2.64 bits per heavy atom. The summed E-state index contributed by atoms with van der Waals surface area (Å²) in [5.41, 5.74) is 7.75. The van der Waals surface area contributed by atoms with Crippen molar-refractivity contribution >= 4 is 33.5 Å². The SMILES string of the molecule is Cn1ncc2c(N)nc3ccc(C(=O)N4CCOC[C@@H]4c4ccc(C(F)(F)F)cc4)cc3c21. The Bertz CT molecular complexity index is 1360. The Hall–Kier alpha value is -3.66. The minimum atomic E-state index is -4.42. The van der Waals surface area contributed by atoms with Crippen LogP contribution in [0.15, 0.2) is 48.7 Å². The number of anilines is 1. The molecule has 4 aromatic rings. The Kier molecular flexibility index (Phi) is 4.97. The average Bonchev–Trinajstić information content (AvgIpc) is 3.20. The van der Waals surface area contributed by atoms with Gasteiger partial charge in [0.1, 0.15) is 5.82 Å². The van der Waals surface area contributed by atoms with Crippen LogP contribution in [-0.4, -0.2) is 45.3 Å². The molecule has 1 fully saturated rings. The lowest BCUT2D eigenvalue weighted by molar-refractivity contribution is -0.137. The summed E-state index contributed by atoms with van der Waals surface area (Å²) in [6.07, 6.45) is -2.79. The molecule has 2 N–H and O–H groups in total. The van der Waals surface area contributed by atoms with E-state index in [0.717, 1.165) is 23.0 Å². The molecule has 2 aromatic heterocycles. The van der Waals surface area contributed by atoms with Crippen LogP contribution in [0, 0.1) is 0 Å². The number of carbonyl (C=O) groups is 1. The van der Waals surface area contributed by atoms with Crippen LogP contribution in [0.3, 0.4) is 0 Å². The molecule has 1 atom stereocenters. The molecule has 10 heteroatoms. The molecule has 1 saturated heterocycles. The second kappa shape index (κ2) is 7.73. The molecule has 0 radical (unpaired) electrons.